The summed E-state index contributed by atoms with van der Waals surface area (Å²) in [6.45, 7) is 0. The maximum absolute atomic E-state index is 13.0. The molecule has 0 bridgehead atoms. The highest BCUT2D eigenvalue weighted by Crippen LogP contribution is 2.43. The Labute approximate surface area is 193 Å². The zero-order valence-corrected chi connectivity index (χ0v) is 18.6. The number of hydrogen-bond donors (Lipinski definition) is 2. The van der Waals surface area contributed by atoms with Gasteiger partial charge in [-0.25, -0.2) is 4.39 Å². The lowest BCUT2D eigenvalue weighted by Gasteiger charge is -2.31. The summed E-state index contributed by atoms with van der Waals surface area (Å²) < 4.78 is 23.2. The van der Waals surface area contributed by atoms with Gasteiger partial charge in [-0.3, -0.25) is 14.4 Å². The van der Waals surface area contributed by atoms with Crippen LogP contribution in [-0.4, -0.2) is 37.8 Å². The quantitative estimate of drug-likeness (QED) is 0.473. The van der Waals surface area contributed by atoms with Gasteiger partial charge in [-0.15, -0.1) is 0 Å². The molecule has 3 rings (SSSR count). The average molecular weight is 469 g/mol. The van der Waals surface area contributed by atoms with Crippen LogP contribution in [0, 0.1) is 23.1 Å². The Morgan fingerprint density at radius 1 is 1.18 bits per heavy atom. The monoisotopic (exact) mass is 469 g/mol. The SMILES string of the molecule is COC(=O)C1C(=O)NC(SCC(=O)Nc2ccc(F)cc2)=C(C#N)C1c1ccccc1OC. The van der Waals surface area contributed by atoms with Crippen LogP contribution in [0.15, 0.2) is 59.1 Å². The fourth-order valence-corrected chi connectivity index (χ4v) is 4.30. The summed E-state index contributed by atoms with van der Waals surface area (Å²) in [6.07, 6.45) is 0. The third-order valence-electron chi connectivity index (χ3n) is 4.93. The van der Waals surface area contributed by atoms with Crippen LogP contribution in [0.1, 0.15) is 11.5 Å². The van der Waals surface area contributed by atoms with E-state index in [1.165, 1.54) is 31.4 Å². The van der Waals surface area contributed by atoms with Gasteiger partial charge in [0.1, 0.15) is 17.5 Å². The molecule has 0 fully saturated rings. The number of amides is 2. The van der Waals surface area contributed by atoms with Gasteiger partial charge in [0.25, 0.3) is 0 Å². The zero-order valence-electron chi connectivity index (χ0n) is 17.8. The summed E-state index contributed by atoms with van der Waals surface area (Å²) in [6, 6.07) is 14.1. The van der Waals surface area contributed by atoms with Gasteiger partial charge in [0, 0.05) is 17.2 Å². The van der Waals surface area contributed by atoms with E-state index in [2.05, 4.69) is 16.7 Å². The first kappa shape index (κ1) is 23.8. The standard InChI is InChI=1S/C23H20FN3O5S/c1-31-17-6-4-3-5-15(17)19-16(11-25)22(27-21(29)20(19)23(30)32-2)33-12-18(28)26-14-9-7-13(24)8-10-14/h3-10,19-20H,12H2,1-2H3,(H,26,28)(H,27,29). The molecule has 1 aliphatic rings. The number of esters is 1. The van der Waals surface area contributed by atoms with E-state index in [9.17, 15) is 24.0 Å². The van der Waals surface area contributed by atoms with Gasteiger partial charge in [-0.05, 0) is 30.3 Å². The Morgan fingerprint density at radius 2 is 1.88 bits per heavy atom. The van der Waals surface area contributed by atoms with Crippen molar-refractivity contribution < 1.29 is 28.2 Å². The van der Waals surface area contributed by atoms with E-state index in [0.717, 1.165) is 18.9 Å². The van der Waals surface area contributed by atoms with Crippen LogP contribution in [0.4, 0.5) is 10.1 Å². The number of hydrogen-bond acceptors (Lipinski definition) is 7. The van der Waals surface area contributed by atoms with Crippen LogP contribution in [0.3, 0.4) is 0 Å². The topological polar surface area (TPSA) is 118 Å². The first-order valence-corrected chi connectivity index (χ1v) is 10.7. The van der Waals surface area contributed by atoms with Gasteiger partial charge >= 0.3 is 5.97 Å². The lowest BCUT2D eigenvalue weighted by atomic mass is 9.78. The van der Waals surface area contributed by atoms with E-state index >= 15 is 0 Å². The predicted octanol–water partition coefficient (Wildman–Crippen LogP) is 2.94. The minimum absolute atomic E-state index is 0.106. The van der Waals surface area contributed by atoms with E-state index < -0.39 is 35.4 Å². The number of benzene rings is 2. The number of allylic oxidation sites excluding steroid dienone is 1. The van der Waals surface area contributed by atoms with Gasteiger partial charge in [-0.1, -0.05) is 30.0 Å². The summed E-state index contributed by atoms with van der Waals surface area (Å²) in [5.41, 5.74) is 0.978. The summed E-state index contributed by atoms with van der Waals surface area (Å²) in [5.74, 6) is -4.31. The number of halogens is 1. The molecule has 0 radical (unpaired) electrons. The molecule has 2 N–H and O–H groups in total. The third-order valence-corrected chi connectivity index (χ3v) is 5.95. The second-order valence-electron chi connectivity index (χ2n) is 6.91. The average Bonchev–Trinajstić information content (AvgIpc) is 2.83. The van der Waals surface area contributed by atoms with Crippen molar-refractivity contribution in [2.24, 2.45) is 5.92 Å². The maximum Gasteiger partial charge on any atom is 0.319 e. The van der Waals surface area contributed by atoms with E-state index in [1.807, 2.05) is 0 Å². The molecule has 2 unspecified atom stereocenters. The molecule has 0 aliphatic carbocycles. The fourth-order valence-electron chi connectivity index (χ4n) is 3.45. The van der Waals surface area contributed by atoms with Gasteiger partial charge in [0.2, 0.25) is 11.8 Å². The molecule has 0 spiro atoms. The number of rotatable bonds is 7. The Hall–Kier alpha value is -3.84. The Kier molecular flexibility index (Phi) is 7.69. The highest BCUT2D eigenvalue weighted by atomic mass is 32.2. The molecule has 10 heteroatoms. The normalized spacial score (nSPS) is 17.6. The molecular formula is C23H20FN3O5S. The largest absolute Gasteiger partial charge is 0.496 e. The summed E-state index contributed by atoms with van der Waals surface area (Å²) in [4.78, 5) is 37.7. The minimum atomic E-state index is -1.31. The van der Waals surface area contributed by atoms with E-state index in [4.69, 9.17) is 9.47 Å². The summed E-state index contributed by atoms with van der Waals surface area (Å²) in [5, 5.41) is 15.3. The predicted molar refractivity (Wildman–Crippen MR) is 120 cm³/mol. The van der Waals surface area contributed by atoms with E-state index in [-0.39, 0.29) is 16.4 Å². The molecule has 8 nitrogen and oxygen atoms in total. The molecule has 0 saturated heterocycles. The van der Waals surface area contributed by atoms with Crippen LogP contribution in [0.5, 0.6) is 5.75 Å². The van der Waals surface area contributed by atoms with Crippen molar-refractivity contribution in [3.63, 3.8) is 0 Å². The van der Waals surface area contributed by atoms with E-state index in [0.29, 0.717) is 17.0 Å². The Balaban J connectivity index is 1.92. The number of thioether (sulfide) groups is 1. The van der Waals surface area contributed by atoms with Crippen molar-refractivity contribution in [1.29, 1.82) is 5.26 Å². The highest BCUT2D eigenvalue weighted by molar-refractivity contribution is 8.03. The Morgan fingerprint density at radius 3 is 2.52 bits per heavy atom. The highest BCUT2D eigenvalue weighted by Gasteiger charge is 2.45. The summed E-state index contributed by atoms with van der Waals surface area (Å²) >= 11 is 0.944. The second kappa shape index (κ2) is 10.7. The van der Waals surface area contributed by atoms with Crippen LogP contribution in [0.2, 0.25) is 0 Å². The molecule has 2 aromatic rings. The number of nitriles is 1. The number of nitrogens with one attached hydrogen (secondary N) is 2. The minimum Gasteiger partial charge on any atom is -0.496 e. The number of anilines is 1. The number of carbonyl (C=O) groups excluding carboxylic acids is 3. The van der Waals surface area contributed by atoms with Gasteiger partial charge in [0.05, 0.1) is 36.6 Å². The second-order valence-corrected chi connectivity index (χ2v) is 7.89. The molecule has 0 saturated carbocycles. The Bertz CT molecular complexity index is 1140. The van der Waals surface area contributed by atoms with Crippen molar-refractivity contribution in [3.05, 3.63) is 70.5 Å². The summed E-state index contributed by atoms with van der Waals surface area (Å²) in [7, 11) is 2.61. The van der Waals surface area contributed by atoms with Crippen molar-refractivity contribution in [2.75, 3.05) is 25.3 Å². The van der Waals surface area contributed by atoms with Crippen molar-refractivity contribution in [1.82, 2.24) is 5.32 Å². The van der Waals surface area contributed by atoms with Crippen molar-refractivity contribution in [3.8, 4) is 11.8 Å². The van der Waals surface area contributed by atoms with Crippen LogP contribution >= 0.6 is 11.8 Å². The molecule has 1 aliphatic heterocycles. The molecule has 2 atom stereocenters. The van der Waals surface area contributed by atoms with Gasteiger partial charge in [-0.2, -0.15) is 5.26 Å². The van der Waals surface area contributed by atoms with Gasteiger partial charge in [0.15, 0.2) is 0 Å². The molecule has 2 aromatic carbocycles. The number of nitrogens with zero attached hydrogens (tertiary/aromatic N) is 1. The van der Waals surface area contributed by atoms with E-state index in [1.54, 1.807) is 24.3 Å². The van der Waals surface area contributed by atoms with Crippen LogP contribution < -0.4 is 15.4 Å². The van der Waals surface area contributed by atoms with Crippen molar-refractivity contribution in [2.45, 2.75) is 5.92 Å². The third kappa shape index (κ3) is 5.32. The van der Waals surface area contributed by atoms with Crippen molar-refractivity contribution >= 4 is 35.2 Å². The molecular weight excluding hydrogens is 449 g/mol. The lowest BCUT2D eigenvalue weighted by molar-refractivity contribution is -0.150. The maximum atomic E-state index is 13.0. The molecule has 1 heterocycles. The fraction of sp³-hybridized carbons (Fsp3) is 0.217. The first-order valence-electron chi connectivity index (χ1n) is 9.73. The molecule has 0 aromatic heterocycles. The number of para-hydroxylation sites is 1. The molecule has 170 valence electrons. The first-order chi connectivity index (χ1) is 15.9. The number of methoxy groups -OCH3 is 2. The molecule has 2 amide bonds. The zero-order chi connectivity index (χ0) is 24.0. The van der Waals surface area contributed by atoms with Gasteiger partial charge < -0.3 is 20.1 Å². The lowest BCUT2D eigenvalue weighted by Crippen LogP contribution is -2.44. The van der Waals surface area contributed by atoms with Crippen LogP contribution in [-0.2, 0) is 19.1 Å². The smallest absolute Gasteiger partial charge is 0.319 e. The molecule has 33 heavy (non-hydrogen) atoms. The van der Waals surface area contributed by atoms with Crippen LogP contribution in [0.25, 0.3) is 0 Å². The number of carbonyl (C=O) groups is 3. The number of ether oxygens (including phenoxy) is 2.